The Labute approximate surface area is 120 Å². The van der Waals surface area contributed by atoms with E-state index in [0.717, 1.165) is 6.42 Å². The van der Waals surface area contributed by atoms with E-state index >= 15 is 0 Å². The van der Waals surface area contributed by atoms with Gasteiger partial charge < -0.3 is 4.90 Å². The van der Waals surface area contributed by atoms with Crippen LogP contribution in [0.5, 0.6) is 0 Å². The number of rotatable bonds is 4. The summed E-state index contributed by atoms with van der Waals surface area (Å²) in [5.41, 5.74) is 2.81. The second kappa shape index (κ2) is 6.93. The lowest BCUT2D eigenvalue weighted by Crippen LogP contribution is -2.21. The predicted octanol–water partition coefficient (Wildman–Crippen LogP) is 4.32. The van der Waals surface area contributed by atoms with Gasteiger partial charge in [-0.3, -0.25) is 0 Å². The second-order valence-electron chi connectivity index (χ2n) is 4.64. The van der Waals surface area contributed by atoms with Crippen molar-refractivity contribution in [3.63, 3.8) is 0 Å². The molecule has 1 nitrogen and oxygen atoms in total. The molecule has 0 amide bonds. The van der Waals surface area contributed by atoms with E-state index in [1.54, 1.807) is 0 Å². The van der Waals surface area contributed by atoms with Crippen LogP contribution in [0.3, 0.4) is 0 Å². The molecule has 0 saturated carbocycles. The van der Waals surface area contributed by atoms with Gasteiger partial charge in [-0.2, -0.15) is 0 Å². The van der Waals surface area contributed by atoms with Crippen molar-refractivity contribution in [3.8, 4) is 0 Å². The Kier molecular flexibility index (Phi) is 5.86. The summed E-state index contributed by atoms with van der Waals surface area (Å²) in [6.07, 6.45) is 1.08. The number of likely N-dealkylation sites (N-methyl/N-ethyl adjacent to an activating group) is 1. The molecule has 0 aliphatic carbocycles. The first-order valence-electron chi connectivity index (χ1n) is 5.93. The minimum Gasteiger partial charge on any atom is -0.301 e. The van der Waals surface area contributed by atoms with Crippen molar-refractivity contribution < 1.29 is 0 Å². The highest BCUT2D eigenvalue weighted by Gasteiger charge is 2.17. The van der Waals surface area contributed by atoms with Crippen molar-refractivity contribution in [2.45, 2.75) is 19.4 Å². The number of hydrogen-bond acceptors (Lipinski definition) is 2. The maximum atomic E-state index is 2.31. The average molecular weight is 282 g/mol. The van der Waals surface area contributed by atoms with Crippen molar-refractivity contribution in [3.05, 3.63) is 57.8 Å². The Morgan fingerprint density at radius 3 is 2.28 bits per heavy atom. The van der Waals surface area contributed by atoms with E-state index in [0.29, 0.717) is 6.04 Å². The number of thiophene rings is 1. The molecule has 2 aromatic rings. The molecular formula is C15H20ClNS. The second-order valence-corrected chi connectivity index (χ2v) is 5.58. The Balaban J connectivity index is 0.00000162. The molecule has 1 aromatic heterocycles. The summed E-state index contributed by atoms with van der Waals surface area (Å²) in [5, 5.41) is 2.19. The molecule has 0 aliphatic heterocycles. The topological polar surface area (TPSA) is 3.24 Å². The van der Waals surface area contributed by atoms with Crippen LogP contribution in [0.2, 0.25) is 0 Å². The molecule has 0 saturated heterocycles. The summed E-state index contributed by atoms with van der Waals surface area (Å²) in [6.45, 7) is 2.20. The number of nitrogens with zero attached hydrogens (tertiary/aromatic N) is 1. The van der Waals surface area contributed by atoms with Gasteiger partial charge in [0, 0.05) is 10.9 Å². The third kappa shape index (κ3) is 3.58. The molecule has 0 spiro atoms. The van der Waals surface area contributed by atoms with Crippen molar-refractivity contribution >= 4 is 23.7 Å². The number of benzene rings is 1. The summed E-state index contributed by atoms with van der Waals surface area (Å²) >= 11 is 1.86. The van der Waals surface area contributed by atoms with Crippen LogP contribution in [0.25, 0.3) is 0 Å². The Bertz CT molecular complexity index is 464. The number of hydrogen-bond donors (Lipinski definition) is 0. The summed E-state index contributed by atoms with van der Waals surface area (Å²) < 4.78 is 0. The third-order valence-electron chi connectivity index (χ3n) is 3.10. The lowest BCUT2D eigenvalue weighted by molar-refractivity contribution is 0.301. The highest BCUT2D eigenvalue weighted by Crippen LogP contribution is 2.30. The zero-order valence-electron chi connectivity index (χ0n) is 11.1. The lowest BCUT2D eigenvalue weighted by Gasteiger charge is -2.24. The molecule has 0 aliphatic rings. The standard InChI is InChI=1S/C15H19NS.ClH/c1-12-9-10-17-15(12)14(16(2)3)11-13-7-5-4-6-8-13;/h4-10,14H,11H2,1-3H3;1H. The lowest BCUT2D eigenvalue weighted by atomic mass is 10.0. The van der Waals surface area contributed by atoms with Crippen LogP contribution in [0, 0.1) is 6.92 Å². The molecule has 2 rings (SSSR count). The molecule has 0 bridgehead atoms. The van der Waals surface area contributed by atoms with Gasteiger partial charge in [0.15, 0.2) is 0 Å². The maximum Gasteiger partial charge on any atom is 0.0478 e. The van der Waals surface area contributed by atoms with Crippen molar-refractivity contribution in [2.24, 2.45) is 0 Å². The van der Waals surface area contributed by atoms with E-state index in [-0.39, 0.29) is 12.4 Å². The monoisotopic (exact) mass is 281 g/mol. The van der Waals surface area contributed by atoms with E-state index in [1.807, 2.05) is 11.3 Å². The van der Waals surface area contributed by atoms with Crippen molar-refractivity contribution in [1.82, 2.24) is 4.90 Å². The smallest absolute Gasteiger partial charge is 0.0478 e. The van der Waals surface area contributed by atoms with E-state index in [2.05, 4.69) is 67.7 Å². The van der Waals surface area contributed by atoms with Crippen LogP contribution in [-0.2, 0) is 6.42 Å². The molecule has 98 valence electrons. The molecule has 0 N–H and O–H groups in total. The van der Waals surface area contributed by atoms with Crippen molar-refractivity contribution in [1.29, 1.82) is 0 Å². The Hall–Kier alpha value is -0.830. The largest absolute Gasteiger partial charge is 0.301 e. The molecule has 1 aromatic carbocycles. The first-order valence-corrected chi connectivity index (χ1v) is 6.81. The normalized spacial score (nSPS) is 12.2. The maximum absolute atomic E-state index is 2.31. The molecule has 1 atom stereocenters. The van der Waals surface area contributed by atoms with Gasteiger partial charge in [0.05, 0.1) is 0 Å². The summed E-state index contributed by atoms with van der Waals surface area (Å²) in [4.78, 5) is 3.80. The zero-order valence-corrected chi connectivity index (χ0v) is 12.7. The van der Waals surface area contributed by atoms with Gasteiger partial charge in [0.1, 0.15) is 0 Å². The summed E-state index contributed by atoms with van der Waals surface area (Å²) in [6, 6.07) is 13.4. The van der Waals surface area contributed by atoms with Crippen LogP contribution >= 0.6 is 23.7 Å². The highest BCUT2D eigenvalue weighted by molar-refractivity contribution is 7.10. The molecule has 0 fully saturated rings. The van der Waals surface area contributed by atoms with Gasteiger partial charge in [-0.25, -0.2) is 0 Å². The van der Waals surface area contributed by atoms with Crippen molar-refractivity contribution in [2.75, 3.05) is 14.1 Å². The van der Waals surface area contributed by atoms with Crippen LogP contribution in [0.15, 0.2) is 41.8 Å². The summed E-state index contributed by atoms with van der Waals surface area (Å²) in [5.74, 6) is 0. The Morgan fingerprint density at radius 1 is 1.11 bits per heavy atom. The predicted molar refractivity (Wildman–Crippen MR) is 82.9 cm³/mol. The quantitative estimate of drug-likeness (QED) is 0.807. The molecule has 3 heteroatoms. The highest BCUT2D eigenvalue weighted by atomic mass is 35.5. The minimum absolute atomic E-state index is 0. The third-order valence-corrected chi connectivity index (χ3v) is 4.22. The van der Waals surface area contributed by atoms with Gasteiger partial charge in [-0.15, -0.1) is 23.7 Å². The van der Waals surface area contributed by atoms with E-state index in [1.165, 1.54) is 16.0 Å². The van der Waals surface area contributed by atoms with E-state index in [4.69, 9.17) is 0 Å². The van der Waals surface area contributed by atoms with Gasteiger partial charge >= 0.3 is 0 Å². The van der Waals surface area contributed by atoms with Gasteiger partial charge in [0.2, 0.25) is 0 Å². The minimum atomic E-state index is 0. The molecule has 1 unspecified atom stereocenters. The summed E-state index contributed by atoms with van der Waals surface area (Å²) in [7, 11) is 4.32. The van der Waals surface area contributed by atoms with Crippen LogP contribution < -0.4 is 0 Å². The zero-order chi connectivity index (χ0) is 12.3. The fourth-order valence-electron chi connectivity index (χ4n) is 2.07. The molecule has 18 heavy (non-hydrogen) atoms. The molecule has 0 radical (unpaired) electrons. The molecular weight excluding hydrogens is 262 g/mol. The SMILES string of the molecule is Cc1ccsc1C(Cc1ccccc1)N(C)C.Cl. The van der Waals surface area contributed by atoms with Crippen LogP contribution in [-0.4, -0.2) is 19.0 Å². The number of halogens is 1. The first-order chi connectivity index (χ1) is 8.18. The van der Waals surface area contributed by atoms with E-state index in [9.17, 15) is 0 Å². The number of aryl methyl sites for hydroxylation is 1. The fourth-order valence-corrected chi connectivity index (χ4v) is 3.20. The van der Waals surface area contributed by atoms with Gasteiger partial charge in [-0.1, -0.05) is 30.3 Å². The Morgan fingerprint density at radius 2 is 1.78 bits per heavy atom. The van der Waals surface area contributed by atoms with Crippen LogP contribution in [0.4, 0.5) is 0 Å². The first kappa shape index (κ1) is 15.2. The molecule has 1 heterocycles. The fraction of sp³-hybridized carbons (Fsp3) is 0.333. The van der Waals surface area contributed by atoms with Gasteiger partial charge in [0.25, 0.3) is 0 Å². The van der Waals surface area contributed by atoms with Gasteiger partial charge in [-0.05, 0) is 50.0 Å². The average Bonchev–Trinajstić information content (AvgIpc) is 2.73. The van der Waals surface area contributed by atoms with Crippen LogP contribution in [0.1, 0.15) is 22.0 Å². The van der Waals surface area contributed by atoms with E-state index < -0.39 is 0 Å².